The van der Waals surface area contributed by atoms with Crippen LogP contribution in [0.3, 0.4) is 0 Å². The van der Waals surface area contributed by atoms with E-state index in [0.29, 0.717) is 6.54 Å². The minimum Gasteiger partial charge on any atom is -0.406 e. The summed E-state index contributed by atoms with van der Waals surface area (Å²) >= 11 is 0. The molecule has 4 nitrogen and oxygen atoms in total. The first kappa shape index (κ1) is 16.0. The van der Waals surface area contributed by atoms with E-state index in [-0.39, 0.29) is 11.3 Å². The highest BCUT2D eigenvalue weighted by molar-refractivity contribution is 5.78. The quantitative estimate of drug-likeness (QED) is 0.726. The van der Waals surface area contributed by atoms with Gasteiger partial charge in [0.15, 0.2) is 0 Å². The Morgan fingerprint density at radius 3 is 2.56 bits per heavy atom. The van der Waals surface area contributed by atoms with Crippen LogP contribution in [0.5, 0.6) is 5.75 Å². The molecule has 0 aliphatic heterocycles. The van der Waals surface area contributed by atoms with E-state index in [1.807, 2.05) is 18.2 Å². The second-order valence-electron chi connectivity index (χ2n) is 6.30. The summed E-state index contributed by atoms with van der Waals surface area (Å²) in [4.78, 5) is 0. The summed E-state index contributed by atoms with van der Waals surface area (Å²) in [6.45, 7) is 0.676. The first-order valence-electron chi connectivity index (χ1n) is 7.97. The molecule has 3 aromatic rings. The molecule has 0 unspecified atom stereocenters. The summed E-state index contributed by atoms with van der Waals surface area (Å²) in [5.74, 6) is -0.197. The van der Waals surface area contributed by atoms with Crippen LogP contribution in [0.25, 0.3) is 10.9 Å². The fourth-order valence-electron chi connectivity index (χ4n) is 3.03. The molecule has 1 saturated carbocycles. The van der Waals surface area contributed by atoms with Crippen molar-refractivity contribution in [1.29, 1.82) is 0 Å². The van der Waals surface area contributed by atoms with Crippen LogP contribution in [0.2, 0.25) is 0 Å². The van der Waals surface area contributed by atoms with Gasteiger partial charge >= 0.3 is 6.36 Å². The highest BCUT2D eigenvalue weighted by Crippen LogP contribution is 2.46. The molecule has 0 saturated heterocycles. The molecule has 1 heterocycles. The molecule has 2 aromatic carbocycles. The lowest BCUT2D eigenvalue weighted by molar-refractivity contribution is -0.274. The molecule has 0 spiro atoms. The van der Waals surface area contributed by atoms with Gasteiger partial charge in [0.1, 0.15) is 5.75 Å². The van der Waals surface area contributed by atoms with E-state index >= 15 is 0 Å². The second kappa shape index (κ2) is 5.77. The summed E-state index contributed by atoms with van der Waals surface area (Å²) in [5, 5.41) is 11.5. The van der Waals surface area contributed by atoms with Gasteiger partial charge in [0, 0.05) is 17.5 Å². The largest absolute Gasteiger partial charge is 0.573 e. The first-order valence-corrected chi connectivity index (χ1v) is 7.97. The zero-order valence-corrected chi connectivity index (χ0v) is 13.2. The van der Waals surface area contributed by atoms with Crippen LogP contribution in [0.15, 0.2) is 48.7 Å². The zero-order chi connectivity index (χ0) is 17.5. The number of ether oxygens (including phenoxy) is 1. The maximum Gasteiger partial charge on any atom is 0.573 e. The van der Waals surface area contributed by atoms with Gasteiger partial charge in [-0.1, -0.05) is 24.3 Å². The van der Waals surface area contributed by atoms with E-state index in [0.717, 1.165) is 34.9 Å². The number of rotatable bonds is 5. The third kappa shape index (κ3) is 3.46. The number of fused-ring (bicyclic) bond motifs is 1. The molecular weight excluding hydrogens is 331 g/mol. The Hall–Kier alpha value is -2.54. The monoisotopic (exact) mass is 347 g/mol. The molecule has 1 aliphatic rings. The molecule has 2 N–H and O–H groups in total. The molecule has 130 valence electrons. The average Bonchev–Trinajstić information content (AvgIpc) is 3.21. The normalized spacial score (nSPS) is 16.1. The molecule has 0 amide bonds. The lowest BCUT2D eigenvalue weighted by Crippen LogP contribution is -2.28. The number of hydrogen-bond acceptors (Lipinski definition) is 3. The molecule has 1 aromatic heterocycles. The molecule has 4 rings (SSSR count). The maximum absolute atomic E-state index is 12.2. The minimum atomic E-state index is -4.66. The molecule has 0 radical (unpaired) electrons. The number of nitrogens with zero attached hydrogens (tertiary/aromatic N) is 1. The Morgan fingerprint density at radius 2 is 1.88 bits per heavy atom. The van der Waals surface area contributed by atoms with Crippen LogP contribution in [0, 0.1) is 0 Å². The van der Waals surface area contributed by atoms with Gasteiger partial charge in [0.2, 0.25) is 0 Å². The Morgan fingerprint density at radius 1 is 1.12 bits per heavy atom. The van der Waals surface area contributed by atoms with Gasteiger partial charge in [0.25, 0.3) is 0 Å². The molecule has 7 heteroatoms. The van der Waals surface area contributed by atoms with Crippen molar-refractivity contribution >= 4 is 10.9 Å². The van der Waals surface area contributed by atoms with Crippen LogP contribution in [0.4, 0.5) is 13.2 Å². The standard InChI is InChI=1S/C18H16F3N3O/c19-18(20,21)25-15-5-3-14(4-6-15)17(7-8-17)22-10-12-1-2-13-11-23-24-16(13)9-12/h1-6,9,11,22H,7-8,10H2,(H,23,24). The van der Waals surface area contributed by atoms with E-state index in [9.17, 15) is 13.2 Å². The highest BCUT2D eigenvalue weighted by atomic mass is 19.4. The number of hydrogen-bond donors (Lipinski definition) is 2. The van der Waals surface area contributed by atoms with Crippen LogP contribution >= 0.6 is 0 Å². The molecule has 1 fully saturated rings. The Kier molecular flexibility index (Phi) is 3.68. The van der Waals surface area contributed by atoms with Gasteiger partial charge in [-0.25, -0.2) is 0 Å². The van der Waals surface area contributed by atoms with Gasteiger partial charge in [-0.05, 0) is 42.2 Å². The van der Waals surface area contributed by atoms with Gasteiger partial charge < -0.3 is 10.1 Å². The topological polar surface area (TPSA) is 49.9 Å². The first-order chi connectivity index (χ1) is 11.9. The lowest BCUT2D eigenvalue weighted by Gasteiger charge is -2.19. The summed E-state index contributed by atoms with van der Waals surface area (Å²) in [6.07, 6.45) is -0.973. The Bertz CT molecular complexity index is 882. The summed E-state index contributed by atoms with van der Waals surface area (Å²) in [6, 6.07) is 12.2. The van der Waals surface area contributed by atoms with Crippen LogP contribution in [-0.2, 0) is 12.1 Å². The number of alkyl halides is 3. The van der Waals surface area contributed by atoms with Gasteiger partial charge in [-0.15, -0.1) is 13.2 Å². The van der Waals surface area contributed by atoms with E-state index in [4.69, 9.17) is 0 Å². The SMILES string of the molecule is FC(F)(F)Oc1ccc(C2(NCc3ccc4cn[nH]c4c3)CC2)cc1. The number of halogens is 3. The van der Waals surface area contributed by atoms with Crippen molar-refractivity contribution in [3.05, 3.63) is 59.8 Å². The number of benzene rings is 2. The third-order valence-electron chi connectivity index (χ3n) is 4.53. The van der Waals surface area contributed by atoms with Crippen molar-refractivity contribution < 1.29 is 17.9 Å². The van der Waals surface area contributed by atoms with Crippen LogP contribution in [-0.4, -0.2) is 16.6 Å². The number of H-pyrrole nitrogens is 1. The molecule has 1 aliphatic carbocycles. The van der Waals surface area contributed by atoms with Crippen molar-refractivity contribution in [1.82, 2.24) is 15.5 Å². The smallest absolute Gasteiger partial charge is 0.406 e. The van der Waals surface area contributed by atoms with Crippen LogP contribution in [0.1, 0.15) is 24.0 Å². The molecular formula is C18H16F3N3O. The predicted molar refractivity (Wildman–Crippen MR) is 87.0 cm³/mol. The van der Waals surface area contributed by atoms with Gasteiger partial charge in [0.05, 0.1) is 11.7 Å². The predicted octanol–water partition coefficient (Wildman–Crippen LogP) is 4.24. The fourth-order valence-corrected chi connectivity index (χ4v) is 3.03. The van der Waals surface area contributed by atoms with Crippen LogP contribution < -0.4 is 10.1 Å². The summed E-state index contributed by atoms with van der Waals surface area (Å²) in [7, 11) is 0. The summed E-state index contributed by atoms with van der Waals surface area (Å²) in [5.41, 5.74) is 2.92. The molecule has 25 heavy (non-hydrogen) atoms. The van der Waals surface area contributed by atoms with Crippen molar-refractivity contribution in [2.75, 3.05) is 0 Å². The number of nitrogens with one attached hydrogen (secondary N) is 2. The Balaban J connectivity index is 1.44. The average molecular weight is 347 g/mol. The van der Waals surface area contributed by atoms with Crippen molar-refractivity contribution in [3.8, 4) is 5.75 Å². The Labute approximate surface area is 142 Å². The maximum atomic E-state index is 12.2. The lowest BCUT2D eigenvalue weighted by atomic mass is 10.0. The van der Waals surface area contributed by atoms with Crippen molar-refractivity contribution in [2.24, 2.45) is 0 Å². The third-order valence-corrected chi connectivity index (χ3v) is 4.53. The van der Waals surface area contributed by atoms with Gasteiger partial charge in [-0.3, -0.25) is 5.10 Å². The molecule has 0 atom stereocenters. The summed E-state index contributed by atoms with van der Waals surface area (Å²) < 4.78 is 40.7. The van der Waals surface area contributed by atoms with E-state index in [1.165, 1.54) is 12.1 Å². The van der Waals surface area contributed by atoms with Crippen molar-refractivity contribution in [2.45, 2.75) is 31.3 Å². The van der Waals surface area contributed by atoms with E-state index in [2.05, 4.69) is 20.3 Å². The van der Waals surface area contributed by atoms with Crippen molar-refractivity contribution in [3.63, 3.8) is 0 Å². The fraction of sp³-hybridized carbons (Fsp3) is 0.278. The number of aromatic amines is 1. The highest BCUT2D eigenvalue weighted by Gasteiger charge is 2.43. The number of aromatic nitrogens is 2. The zero-order valence-electron chi connectivity index (χ0n) is 13.2. The van der Waals surface area contributed by atoms with E-state index < -0.39 is 6.36 Å². The second-order valence-corrected chi connectivity index (χ2v) is 6.30. The molecule has 0 bridgehead atoms. The van der Waals surface area contributed by atoms with E-state index in [1.54, 1.807) is 18.3 Å². The minimum absolute atomic E-state index is 0.167. The van der Waals surface area contributed by atoms with Gasteiger partial charge in [-0.2, -0.15) is 5.10 Å².